The summed E-state index contributed by atoms with van der Waals surface area (Å²) in [5.74, 6) is -1.27. The average Bonchev–Trinajstić information content (AvgIpc) is 2.78. The molecule has 33 heavy (non-hydrogen) atoms. The predicted octanol–water partition coefficient (Wildman–Crippen LogP) is 1.29. The molecule has 0 aromatic heterocycles. The molecule has 1 fully saturated rings. The molecule has 0 saturated carbocycles. The summed E-state index contributed by atoms with van der Waals surface area (Å²) in [6.45, 7) is 0.228. The van der Waals surface area contributed by atoms with Crippen molar-refractivity contribution >= 4 is 46.9 Å². The highest BCUT2D eigenvalue weighted by Crippen LogP contribution is 2.26. The Balaban J connectivity index is 1.95. The van der Waals surface area contributed by atoms with Gasteiger partial charge in [0, 0.05) is 0 Å². The highest BCUT2D eigenvalue weighted by atomic mass is 35.6. The summed E-state index contributed by atoms with van der Waals surface area (Å²) in [7, 11) is 0. The monoisotopic (exact) mass is 529 g/mol. The molecule has 1 aromatic rings. The first-order chi connectivity index (χ1) is 15.5. The fourth-order valence-corrected chi connectivity index (χ4v) is 3.05. The van der Waals surface area contributed by atoms with Crippen LogP contribution >= 0.6 is 34.8 Å². The van der Waals surface area contributed by atoms with Gasteiger partial charge in [0.15, 0.2) is 6.29 Å². The Hall–Kier alpha value is -1.37. The maximum Gasteiger partial charge on any atom is 0.407 e. The Kier molecular flexibility index (Phi) is 10.9. The van der Waals surface area contributed by atoms with E-state index in [4.69, 9.17) is 53.8 Å². The van der Waals surface area contributed by atoms with Gasteiger partial charge in [-0.05, 0) is 12.5 Å². The number of esters is 1. The number of amides is 1. The minimum atomic E-state index is -1.86. The van der Waals surface area contributed by atoms with Gasteiger partial charge in [0.05, 0.1) is 19.1 Å². The van der Waals surface area contributed by atoms with Crippen LogP contribution in [-0.4, -0.2) is 81.6 Å². The van der Waals surface area contributed by atoms with Gasteiger partial charge in [0.2, 0.25) is 3.79 Å². The van der Waals surface area contributed by atoms with Gasteiger partial charge in [0.1, 0.15) is 37.6 Å². The Labute approximate surface area is 205 Å². The summed E-state index contributed by atoms with van der Waals surface area (Å²) >= 11 is 16.6. The number of carbonyl (C=O) groups excluding carboxylic acids is 2. The minimum Gasteiger partial charge on any atom is -0.461 e. The Bertz CT molecular complexity index is 765. The number of aliphatic hydroxyl groups is 3. The standard InChI is InChI=1S/C20H26Cl3NO9/c1-11(17(28)30-9-12-5-3-2-4-6-12)8-31-18-14(16(27)15(26)13(7-25)33-18)24-19(29)32-10-20(21,22)23/h2-6,11,13-16,18,25-27H,7-10H2,1H3,(H,24,29)/t11?,13?,14?,15-,16+,18+/m0/s1. The molecule has 10 nitrogen and oxygen atoms in total. The van der Waals surface area contributed by atoms with Crippen molar-refractivity contribution in [1.29, 1.82) is 0 Å². The third-order valence-electron chi connectivity index (χ3n) is 4.67. The maximum atomic E-state index is 12.3. The number of halogens is 3. The van der Waals surface area contributed by atoms with Crippen LogP contribution in [0.3, 0.4) is 0 Å². The fourth-order valence-electron chi connectivity index (χ4n) is 2.88. The van der Waals surface area contributed by atoms with Crippen LogP contribution in [0, 0.1) is 5.92 Å². The molecule has 1 aliphatic heterocycles. The number of ether oxygens (including phenoxy) is 4. The van der Waals surface area contributed by atoms with Crippen molar-refractivity contribution in [2.24, 2.45) is 5.92 Å². The van der Waals surface area contributed by atoms with E-state index >= 15 is 0 Å². The number of hydrogen-bond acceptors (Lipinski definition) is 9. The van der Waals surface area contributed by atoms with Crippen LogP contribution in [0.4, 0.5) is 4.79 Å². The van der Waals surface area contributed by atoms with E-state index in [1.165, 1.54) is 0 Å². The van der Waals surface area contributed by atoms with E-state index < -0.39 is 65.6 Å². The Morgan fingerprint density at radius 1 is 1.15 bits per heavy atom. The Morgan fingerprint density at radius 2 is 1.82 bits per heavy atom. The van der Waals surface area contributed by atoms with Crippen molar-refractivity contribution in [3.63, 3.8) is 0 Å². The molecule has 0 aliphatic carbocycles. The van der Waals surface area contributed by atoms with E-state index in [-0.39, 0.29) is 13.2 Å². The minimum absolute atomic E-state index is 0.0840. The van der Waals surface area contributed by atoms with E-state index in [0.717, 1.165) is 5.56 Å². The molecule has 6 atom stereocenters. The van der Waals surface area contributed by atoms with Crippen LogP contribution in [0.5, 0.6) is 0 Å². The largest absolute Gasteiger partial charge is 0.461 e. The normalized spacial score (nSPS) is 26.3. The number of rotatable bonds is 9. The second kappa shape index (κ2) is 12.9. The van der Waals surface area contributed by atoms with Crippen LogP contribution in [0.1, 0.15) is 12.5 Å². The van der Waals surface area contributed by atoms with E-state index in [2.05, 4.69) is 5.32 Å². The molecule has 1 aliphatic rings. The van der Waals surface area contributed by atoms with Crippen molar-refractivity contribution < 1.29 is 43.9 Å². The van der Waals surface area contributed by atoms with E-state index in [0.29, 0.717) is 0 Å². The van der Waals surface area contributed by atoms with E-state index in [9.17, 15) is 24.9 Å². The smallest absolute Gasteiger partial charge is 0.407 e. The number of alkyl halides is 3. The quantitative estimate of drug-likeness (QED) is 0.274. The zero-order valence-electron chi connectivity index (χ0n) is 17.6. The van der Waals surface area contributed by atoms with Crippen molar-refractivity contribution in [3.8, 4) is 0 Å². The second-order valence-electron chi connectivity index (χ2n) is 7.40. The molecule has 13 heteroatoms. The first kappa shape index (κ1) is 27.9. The number of hydrogen-bond donors (Lipinski definition) is 4. The average molecular weight is 531 g/mol. The number of alkyl carbamates (subject to hydrolysis) is 1. The molecule has 2 rings (SSSR count). The molecule has 1 aromatic carbocycles. The number of benzene rings is 1. The fraction of sp³-hybridized carbons (Fsp3) is 0.600. The molecule has 186 valence electrons. The highest BCUT2D eigenvalue weighted by Gasteiger charge is 2.46. The lowest BCUT2D eigenvalue weighted by atomic mass is 9.97. The lowest BCUT2D eigenvalue weighted by Gasteiger charge is -2.42. The topological polar surface area (TPSA) is 144 Å². The number of nitrogens with one attached hydrogen (secondary N) is 1. The van der Waals surface area contributed by atoms with Crippen LogP contribution in [0.15, 0.2) is 30.3 Å². The zero-order valence-corrected chi connectivity index (χ0v) is 19.9. The van der Waals surface area contributed by atoms with Crippen LogP contribution in [0.2, 0.25) is 0 Å². The molecule has 0 bridgehead atoms. The van der Waals surface area contributed by atoms with Crippen LogP contribution < -0.4 is 5.32 Å². The third-order valence-corrected chi connectivity index (χ3v) is 5.00. The SMILES string of the molecule is CC(CO[C@@H]1OC(CO)[C@H](O)[C@H](O)C1NC(=O)OCC(Cl)(Cl)Cl)C(=O)OCc1ccccc1. The summed E-state index contributed by atoms with van der Waals surface area (Å²) in [4.78, 5) is 24.3. The molecule has 4 N–H and O–H groups in total. The van der Waals surface area contributed by atoms with Gasteiger partial charge in [-0.15, -0.1) is 0 Å². The summed E-state index contributed by atoms with van der Waals surface area (Å²) < 4.78 is 19.2. The maximum absolute atomic E-state index is 12.3. The number of carbonyl (C=O) groups is 2. The third kappa shape index (κ3) is 9.06. The lowest BCUT2D eigenvalue weighted by Crippen LogP contribution is -2.65. The summed E-state index contributed by atoms with van der Waals surface area (Å²) in [6, 6.07) is 7.78. The lowest BCUT2D eigenvalue weighted by molar-refractivity contribution is -0.271. The van der Waals surface area contributed by atoms with Gasteiger partial charge in [-0.2, -0.15) is 0 Å². The van der Waals surface area contributed by atoms with E-state index in [1.807, 2.05) is 30.3 Å². The van der Waals surface area contributed by atoms with Crippen molar-refractivity contribution in [3.05, 3.63) is 35.9 Å². The molecule has 1 amide bonds. The molecule has 1 saturated heterocycles. The summed E-state index contributed by atoms with van der Waals surface area (Å²) in [6.07, 6.45) is -6.75. The zero-order chi connectivity index (χ0) is 24.6. The van der Waals surface area contributed by atoms with Gasteiger partial charge < -0.3 is 39.6 Å². The summed E-state index contributed by atoms with van der Waals surface area (Å²) in [5.41, 5.74) is 0.815. The van der Waals surface area contributed by atoms with Crippen LogP contribution in [0.25, 0.3) is 0 Å². The second-order valence-corrected chi connectivity index (χ2v) is 9.91. The van der Waals surface area contributed by atoms with Gasteiger partial charge in [-0.25, -0.2) is 4.79 Å². The summed E-state index contributed by atoms with van der Waals surface area (Å²) in [5, 5.41) is 32.2. The first-order valence-corrected chi connectivity index (χ1v) is 11.1. The molecular formula is C20H26Cl3NO9. The van der Waals surface area contributed by atoms with Crippen molar-refractivity contribution in [1.82, 2.24) is 5.32 Å². The molecular weight excluding hydrogens is 505 g/mol. The van der Waals surface area contributed by atoms with Gasteiger partial charge >= 0.3 is 12.1 Å². The highest BCUT2D eigenvalue weighted by molar-refractivity contribution is 6.67. The van der Waals surface area contributed by atoms with Crippen LogP contribution in [-0.2, 0) is 30.3 Å². The van der Waals surface area contributed by atoms with Gasteiger partial charge in [0.25, 0.3) is 0 Å². The molecule has 3 unspecified atom stereocenters. The van der Waals surface area contributed by atoms with Gasteiger partial charge in [-0.1, -0.05) is 65.1 Å². The van der Waals surface area contributed by atoms with Crippen molar-refractivity contribution in [2.75, 3.05) is 19.8 Å². The van der Waals surface area contributed by atoms with Gasteiger partial charge in [-0.3, -0.25) is 4.79 Å². The predicted molar refractivity (Wildman–Crippen MR) is 118 cm³/mol. The Morgan fingerprint density at radius 3 is 2.42 bits per heavy atom. The molecule has 1 heterocycles. The molecule has 0 radical (unpaired) electrons. The number of aliphatic hydroxyl groups excluding tert-OH is 3. The van der Waals surface area contributed by atoms with E-state index in [1.54, 1.807) is 6.92 Å². The van der Waals surface area contributed by atoms with Crippen molar-refractivity contribution in [2.45, 2.75) is 48.0 Å². The first-order valence-electron chi connectivity index (χ1n) is 9.96. The molecule has 0 spiro atoms.